The Labute approximate surface area is 130 Å². The lowest BCUT2D eigenvalue weighted by atomic mass is 9.93. The zero-order valence-corrected chi connectivity index (χ0v) is 13.0. The van der Waals surface area contributed by atoms with Crippen molar-refractivity contribution in [1.29, 1.82) is 0 Å². The van der Waals surface area contributed by atoms with E-state index in [1.807, 2.05) is 12.1 Å². The lowest BCUT2D eigenvalue weighted by Crippen LogP contribution is -2.56. The summed E-state index contributed by atoms with van der Waals surface area (Å²) in [6.45, 7) is 6.32. The number of nitrogens with one attached hydrogen (secondary N) is 1. The summed E-state index contributed by atoms with van der Waals surface area (Å²) >= 11 is 5.87. The predicted octanol–water partition coefficient (Wildman–Crippen LogP) is 0.971. The summed E-state index contributed by atoms with van der Waals surface area (Å²) in [5.74, 6) is 0.983. The van der Waals surface area contributed by atoms with Gasteiger partial charge in [-0.05, 0) is 31.5 Å². The molecule has 1 aromatic heterocycles. The fraction of sp³-hybridized carbons (Fsp3) is 0.667. The lowest BCUT2D eigenvalue weighted by molar-refractivity contribution is -0.0164. The normalized spacial score (nSPS) is 27.8. The van der Waals surface area contributed by atoms with Gasteiger partial charge in [-0.15, -0.1) is 0 Å². The summed E-state index contributed by atoms with van der Waals surface area (Å²) in [6, 6.07) is 3.85. The number of pyridine rings is 1. The van der Waals surface area contributed by atoms with Crippen LogP contribution in [0.1, 0.15) is 12.8 Å². The molecule has 2 fully saturated rings. The first kappa shape index (κ1) is 15.0. The van der Waals surface area contributed by atoms with E-state index in [-0.39, 0.29) is 0 Å². The van der Waals surface area contributed by atoms with E-state index < -0.39 is 5.60 Å². The van der Waals surface area contributed by atoms with E-state index in [1.54, 1.807) is 6.20 Å². The summed E-state index contributed by atoms with van der Waals surface area (Å²) in [6.07, 6.45) is 3.66. The number of β-amino-alcohol motifs (C(OH)–C–C–N with tert-alkyl or cyclic N) is 1. The van der Waals surface area contributed by atoms with Gasteiger partial charge in [0.15, 0.2) is 0 Å². The molecule has 0 radical (unpaired) electrons. The van der Waals surface area contributed by atoms with Crippen molar-refractivity contribution in [2.24, 2.45) is 0 Å². The van der Waals surface area contributed by atoms with Gasteiger partial charge in [0, 0.05) is 45.5 Å². The highest BCUT2D eigenvalue weighted by Gasteiger charge is 2.32. The van der Waals surface area contributed by atoms with E-state index >= 15 is 0 Å². The van der Waals surface area contributed by atoms with Crippen LogP contribution in [-0.4, -0.2) is 66.4 Å². The van der Waals surface area contributed by atoms with E-state index in [4.69, 9.17) is 11.6 Å². The molecule has 0 unspecified atom stereocenters. The molecule has 1 aromatic rings. The number of piperazine rings is 1. The second kappa shape index (κ2) is 6.48. The van der Waals surface area contributed by atoms with Crippen LogP contribution in [0, 0.1) is 0 Å². The largest absolute Gasteiger partial charge is 0.387 e. The molecule has 0 bridgehead atoms. The number of hydrogen-bond acceptors (Lipinski definition) is 5. The molecule has 5 nitrogen and oxygen atoms in total. The Bertz CT molecular complexity index is 453. The number of anilines is 1. The molecular formula is C15H23ClN4O. The molecule has 0 saturated carbocycles. The fourth-order valence-electron chi connectivity index (χ4n) is 3.19. The summed E-state index contributed by atoms with van der Waals surface area (Å²) in [5.41, 5.74) is -0.557. The van der Waals surface area contributed by atoms with Gasteiger partial charge in [0.1, 0.15) is 5.82 Å². The molecule has 0 aromatic carbocycles. The minimum Gasteiger partial charge on any atom is -0.387 e. The van der Waals surface area contributed by atoms with Gasteiger partial charge in [-0.2, -0.15) is 0 Å². The van der Waals surface area contributed by atoms with Crippen molar-refractivity contribution in [3.8, 4) is 0 Å². The standard InChI is InChI=1S/C15H23ClN4O/c16-13-2-3-14(18-10-13)20-8-6-19(7-9-20)12-15(21)4-1-5-17-11-15/h2-3,10,17,21H,1,4-9,11-12H2/t15-/m0/s1. The van der Waals surface area contributed by atoms with Gasteiger partial charge in [0.2, 0.25) is 0 Å². The van der Waals surface area contributed by atoms with Crippen molar-refractivity contribution >= 4 is 17.4 Å². The third-order valence-electron chi connectivity index (χ3n) is 4.38. The SMILES string of the molecule is O[C@@]1(CN2CCN(c3ccc(Cl)cn3)CC2)CCCNC1. The molecule has 0 amide bonds. The maximum absolute atomic E-state index is 10.6. The summed E-state index contributed by atoms with van der Waals surface area (Å²) in [4.78, 5) is 9.01. The molecule has 21 heavy (non-hydrogen) atoms. The minimum atomic E-state index is -0.557. The van der Waals surface area contributed by atoms with Crippen LogP contribution in [-0.2, 0) is 0 Å². The first-order chi connectivity index (χ1) is 10.1. The van der Waals surface area contributed by atoms with Gasteiger partial charge in [0.25, 0.3) is 0 Å². The Balaban J connectivity index is 1.51. The monoisotopic (exact) mass is 310 g/mol. The average Bonchev–Trinajstić information content (AvgIpc) is 2.49. The van der Waals surface area contributed by atoms with Crippen molar-refractivity contribution in [3.63, 3.8) is 0 Å². The lowest BCUT2D eigenvalue weighted by Gasteiger charge is -2.41. The van der Waals surface area contributed by atoms with Gasteiger partial charge in [-0.1, -0.05) is 11.6 Å². The van der Waals surface area contributed by atoms with Crippen LogP contribution in [0.4, 0.5) is 5.82 Å². The zero-order chi connectivity index (χ0) is 14.7. The fourth-order valence-corrected chi connectivity index (χ4v) is 3.31. The van der Waals surface area contributed by atoms with Crippen LogP contribution < -0.4 is 10.2 Å². The zero-order valence-electron chi connectivity index (χ0n) is 12.3. The summed E-state index contributed by atoms with van der Waals surface area (Å²) < 4.78 is 0. The Morgan fingerprint density at radius 2 is 2.10 bits per heavy atom. The average molecular weight is 311 g/mol. The molecule has 3 rings (SSSR count). The number of piperidine rings is 1. The highest BCUT2D eigenvalue weighted by Crippen LogP contribution is 2.20. The molecule has 2 N–H and O–H groups in total. The third-order valence-corrected chi connectivity index (χ3v) is 4.60. The van der Waals surface area contributed by atoms with Crippen LogP contribution in [0.2, 0.25) is 5.02 Å². The van der Waals surface area contributed by atoms with Crippen molar-refractivity contribution in [1.82, 2.24) is 15.2 Å². The molecule has 0 spiro atoms. The molecule has 2 saturated heterocycles. The first-order valence-corrected chi connectivity index (χ1v) is 8.04. The molecule has 1 atom stereocenters. The van der Waals surface area contributed by atoms with Gasteiger partial charge in [-0.25, -0.2) is 4.98 Å². The Morgan fingerprint density at radius 1 is 1.29 bits per heavy atom. The number of hydrogen-bond donors (Lipinski definition) is 2. The number of aromatic nitrogens is 1. The Hall–Kier alpha value is -0.880. The van der Waals surface area contributed by atoms with Crippen molar-refractivity contribution in [2.45, 2.75) is 18.4 Å². The molecule has 116 valence electrons. The van der Waals surface area contributed by atoms with Gasteiger partial charge in [0.05, 0.1) is 10.6 Å². The van der Waals surface area contributed by atoms with E-state index in [2.05, 4.69) is 20.1 Å². The van der Waals surface area contributed by atoms with Crippen LogP contribution in [0.5, 0.6) is 0 Å². The van der Waals surface area contributed by atoms with E-state index in [0.717, 1.165) is 57.9 Å². The van der Waals surface area contributed by atoms with Crippen LogP contribution in [0.15, 0.2) is 18.3 Å². The molecule has 2 aliphatic heterocycles. The topological polar surface area (TPSA) is 51.6 Å². The second-order valence-electron chi connectivity index (χ2n) is 6.10. The van der Waals surface area contributed by atoms with Crippen LogP contribution >= 0.6 is 11.6 Å². The molecular weight excluding hydrogens is 288 g/mol. The van der Waals surface area contributed by atoms with Gasteiger partial charge < -0.3 is 15.3 Å². The number of halogens is 1. The number of aliphatic hydroxyl groups is 1. The maximum Gasteiger partial charge on any atom is 0.128 e. The predicted molar refractivity (Wildman–Crippen MR) is 85.0 cm³/mol. The van der Waals surface area contributed by atoms with E-state index in [9.17, 15) is 5.11 Å². The summed E-state index contributed by atoms with van der Waals surface area (Å²) in [7, 11) is 0. The van der Waals surface area contributed by atoms with Crippen molar-refractivity contribution < 1.29 is 5.11 Å². The smallest absolute Gasteiger partial charge is 0.128 e. The van der Waals surface area contributed by atoms with Crippen molar-refractivity contribution in [2.75, 3.05) is 50.7 Å². The summed E-state index contributed by atoms with van der Waals surface area (Å²) in [5, 5.41) is 14.6. The highest BCUT2D eigenvalue weighted by molar-refractivity contribution is 6.30. The van der Waals surface area contributed by atoms with Crippen molar-refractivity contribution in [3.05, 3.63) is 23.4 Å². The quantitative estimate of drug-likeness (QED) is 0.871. The highest BCUT2D eigenvalue weighted by atomic mass is 35.5. The van der Waals surface area contributed by atoms with Crippen LogP contribution in [0.3, 0.4) is 0 Å². The molecule has 0 aliphatic carbocycles. The Kier molecular flexibility index (Phi) is 4.64. The third kappa shape index (κ3) is 3.86. The number of rotatable bonds is 3. The van der Waals surface area contributed by atoms with E-state index in [1.165, 1.54) is 0 Å². The molecule has 3 heterocycles. The van der Waals surface area contributed by atoms with Crippen LogP contribution in [0.25, 0.3) is 0 Å². The number of nitrogens with zero attached hydrogens (tertiary/aromatic N) is 3. The minimum absolute atomic E-state index is 0.557. The van der Waals surface area contributed by atoms with E-state index in [0.29, 0.717) is 11.6 Å². The molecule has 2 aliphatic rings. The Morgan fingerprint density at radius 3 is 2.71 bits per heavy atom. The maximum atomic E-state index is 10.6. The second-order valence-corrected chi connectivity index (χ2v) is 6.54. The van der Waals surface area contributed by atoms with Gasteiger partial charge >= 0.3 is 0 Å². The first-order valence-electron chi connectivity index (χ1n) is 7.67. The van der Waals surface area contributed by atoms with Gasteiger partial charge in [-0.3, -0.25) is 4.90 Å². The molecule has 6 heteroatoms.